The lowest BCUT2D eigenvalue weighted by molar-refractivity contribution is 0.102. The van der Waals surface area contributed by atoms with E-state index in [4.69, 9.17) is 0 Å². The van der Waals surface area contributed by atoms with Crippen LogP contribution in [0.3, 0.4) is 0 Å². The summed E-state index contributed by atoms with van der Waals surface area (Å²) in [6.07, 6.45) is 1.78. The lowest BCUT2D eigenvalue weighted by Crippen LogP contribution is -2.19. The molecule has 0 saturated carbocycles. The topological polar surface area (TPSA) is 62.5 Å². The molecule has 0 radical (unpaired) electrons. The van der Waals surface area contributed by atoms with Gasteiger partial charge in [0.05, 0.1) is 11.9 Å². The van der Waals surface area contributed by atoms with E-state index in [1.54, 1.807) is 35.8 Å². The summed E-state index contributed by atoms with van der Waals surface area (Å²) >= 11 is 0. The second kappa shape index (κ2) is 7.94. The van der Waals surface area contributed by atoms with Crippen LogP contribution in [0.5, 0.6) is 0 Å². The summed E-state index contributed by atoms with van der Waals surface area (Å²) < 4.78 is 15.4. The quantitative estimate of drug-likeness (QED) is 0.537. The van der Waals surface area contributed by atoms with Crippen LogP contribution < -0.4 is 10.2 Å². The van der Waals surface area contributed by atoms with Crippen molar-refractivity contribution in [2.24, 2.45) is 0 Å². The molecule has 7 heteroatoms. The van der Waals surface area contributed by atoms with Crippen LogP contribution in [0.25, 0.3) is 5.52 Å². The third-order valence-corrected chi connectivity index (χ3v) is 4.93. The van der Waals surface area contributed by atoms with Crippen LogP contribution in [0.2, 0.25) is 0 Å². The van der Waals surface area contributed by atoms with Crippen molar-refractivity contribution in [3.63, 3.8) is 0 Å². The van der Waals surface area contributed by atoms with Crippen molar-refractivity contribution in [3.8, 4) is 0 Å². The molecule has 0 aliphatic carbocycles. The Kier molecular flexibility index (Phi) is 5.18. The highest BCUT2D eigenvalue weighted by Crippen LogP contribution is 2.23. The van der Waals surface area contributed by atoms with E-state index in [-0.39, 0.29) is 11.5 Å². The minimum Gasteiger partial charge on any atom is -0.354 e. The van der Waals surface area contributed by atoms with Gasteiger partial charge in [0, 0.05) is 30.9 Å². The standard InChI is InChI=1S/C23H22FN5O/c1-15-13-29-21(22(25-15)28(3)14-17-8-5-4-6-9-17)12-20(27-29)23(30)26-19-11-7-10-18(24)16(19)2/h4-13H,14H2,1-3H3,(H,26,30). The van der Waals surface area contributed by atoms with Gasteiger partial charge < -0.3 is 10.2 Å². The second-order valence-electron chi connectivity index (χ2n) is 7.27. The van der Waals surface area contributed by atoms with Crippen LogP contribution in [0.1, 0.15) is 27.3 Å². The maximum Gasteiger partial charge on any atom is 0.276 e. The highest BCUT2D eigenvalue weighted by molar-refractivity contribution is 6.04. The van der Waals surface area contributed by atoms with Crippen molar-refractivity contribution in [1.82, 2.24) is 14.6 Å². The molecule has 1 N–H and O–H groups in total. The Hall–Kier alpha value is -3.74. The summed E-state index contributed by atoms with van der Waals surface area (Å²) in [4.78, 5) is 19.5. The van der Waals surface area contributed by atoms with Gasteiger partial charge in [-0.15, -0.1) is 0 Å². The smallest absolute Gasteiger partial charge is 0.276 e. The van der Waals surface area contributed by atoms with Crippen molar-refractivity contribution in [2.45, 2.75) is 20.4 Å². The third-order valence-electron chi connectivity index (χ3n) is 4.93. The minimum absolute atomic E-state index is 0.237. The van der Waals surface area contributed by atoms with E-state index < -0.39 is 5.91 Å². The number of nitrogens with one attached hydrogen (secondary N) is 1. The van der Waals surface area contributed by atoms with Gasteiger partial charge in [0.25, 0.3) is 5.91 Å². The molecule has 4 rings (SSSR count). The number of aryl methyl sites for hydroxylation is 1. The Morgan fingerprint density at radius 1 is 1.13 bits per heavy atom. The van der Waals surface area contributed by atoms with E-state index in [1.165, 1.54) is 6.07 Å². The summed E-state index contributed by atoms with van der Waals surface area (Å²) in [6.45, 7) is 4.18. The number of nitrogens with zero attached hydrogens (tertiary/aromatic N) is 4. The van der Waals surface area contributed by atoms with Crippen molar-refractivity contribution < 1.29 is 9.18 Å². The van der Waals surface area contributed by atoms with Crippen LogP contribution in [0, 0.1) is 19.7 Å². The number of amides is 1. The predicted octanol–water partition coefficient (Wildman–Crippen LogP) is 4.37. The van der Waals surface area contributed by atoms with Crippen molar-refractivity contribution in [1.29, 1.82) is 0 Å². The maximum absolute atomic E-state index is 13.8. The molecule has 0 aliphatic heterocycles. The normalized spacial score (nSPS) is 10.9. The second-order valence-corrected chi connectivity index (χ2v) is 7.27. The zero-order chi connectivity index (χ0) is 21.3. The Balaban J connectivity index is 1.66. The van der Waals surface area contributed by atoms with Crippen LogP contribution in [-0.2, 0) is 6.54 Å². The van der Waals surface area contributed by atoms with Gasteiger partial charge in [0.15, 0.2) is 11.5 Å². The zero-order valence-corrected chi connectivity index (χ0v) is 17.1. The first-order valence-electron chi connectivity index (χ1n) is 9.61. The number of aromatic nitrogens is 3. The van der Waals surface area contributed by atoms with Gasteiger partial charge in [-0.3, -0.25) is 4.79 Å². The van der Waals surface area contributed by atoms with E-state index in [0.717, 1.165) is 22.6 Å². The van der Waals surface area contributed by atoms with Gasteiger partial charge in [-0.1, -0.05) is 36.4 Å². The van der Waals surface area contributed by atoms with Crippen LogP contribution in [0.15, 0.2) is 60.8 Å². The molecule has 2 aromatic carbocycles. The Morgan fingerprint density at radius 2 is 1.90 bits per heavy atom. The van der Waals surface area contributed by atoms with E-state index >= 15 is 0 Å². The predicted molar refractivity (Wildman–Crippen MR) is 115 cm³/mol. The van der Waals surface area contributed by atoms with E-state index in [0.29, 0.717) is 17.8 Å². The number of fused-ring (bicyclic) bond motifs is 1. The fraction of sp³-hybridized carbons (Fsp3) is 0.174. The molecule has 2 aromatic heterocycles. The molecule has 1 amide bonds. The summed E-state index contributed by atoms with van der Waals surface area (Å²) in [5, 5.41) is 7.16. The fourth-order valence-electron chi connectivity index (χ4n) is 3.34. The van der Waals surface area contributed by atoms with Gasteiger partial charge in [0.1, 0.15) is 11.3 Å². The third kappa shape index (κ3) is 3.87. The van der Waals surface area contributed by atoms with Gasteiger partial charge in [-0.2, -0.15) is 5.10 Å². The molecule has 152 valence electrons. The number of halogens is 1. The minimum atomic E-state index is -0.401. The Bertz CT molecular complexity index is 1220. The highest BCUT2D eigenvalue weighted by atomic mass is 19.1. The average Bonchev–Trinajstić information content (AvgIpc) is 3.15. The van der Waals surface area contributed by atoms with Crippen molar-refractivity contribution in [3.05, 3.63) is 89.1 Å². The molecule has 0 spiro atoms. The molecular formula is C23H22FN5O. The molecule has 0 atom stereocenters. The lowest BCUT2D eigenvalue weighted by Gasteiger charge is -2.19. The molecule has 30 heavy (non-hydrogen) atoms. The largest absolute Gasteiger partial charge is 0.354 e. The van der Waals surface area contributed by atoms with Crippen LogP contribution >= 0.6 is 0 Å². The summed E-state index contributed by atoms with van der Waals surface area (Å²) in [6, 6.07) is 16.4. The van der Waals surface area contributed by atoms with Crippen molar-refractivity contribution in [2.75, 3.05) is 17.3 Å². The van der Waals surface area contributed by atoms with E-state index in [9.17, 15) is 9.18 Å². The number of carbonyl (C=O) groups excluding carboxylic acids is 1. The summed E-state index contributed by atoms with van der Waals surface area (Å²) in [7, 11) is 1.96. The zero-order valence-electron chi connectivity index (χ0n) is 17.1. The molecule has 0 fully saturated rings. The molecule has 0 saturated heterocycles. The van der Waals surface area contributed by atoms with Gasteiger partial charge >= 0.3 is 0 Å². The van der Waals surface area contributed by atoms with Gasteiger partial charge in [-0.05, 0) is 31.5 Å². The number of hydrogen-bond donors (Lipinski definition) is 1. The maximum atomic E-state index is 13.8. The first kappa shape index (κ1) is 19.6. The number of hydrogen-bond acceptors (Lipinski definition) is 4. The lowest BCUT2D eigenvalue weighted by atomic mass is 10.2. The molecule has 6 nitrogen and oxygen atoms in total. The molecular weight excluding hydrogens is 381 g/mol. The Labute approximate surface area is 174 Å². The first-order valence-corrected chi connectivity index (χ1v) is 9.61. The van der Waals surface area contributed by atoms with E-state index in [2.05, 4.69) is 27.5 Å². The monoisotopic (exact) mass is 403 g/mol. The number of carbonyl (C=O) groups is 1. The van der Waals surface area contributed by atoms with Crippen molar-refractivity contribution >= 4 is 22.9 Å². The molecule has 2 heterocycles. The molecule has 0 unspecified atom stereocenters. The molecule has 0 bridgehead atoms. The number of anilines is 2. The number of benzene rings is 2. The van der Waals surface area contributed by atoms with Gasteiger partial charge in [0.2, 0.25) is 0 Å². The SMILES string of the molecule is Cc1cn2nc(C(=O)Nc3cccc(F)c3C)cc2c(N(C)Cc2ccccc2)n1. The van der Waals surface area contributed by atoms with E-state index in [1.807, 2.05) is 37.1 Å². The van der Waals surface area contributed by atoms with Gasteiger partial charge in [-0.25, -0.2) is 13.9 Å². The summed E-state index contributed by atoms with van der Waals surface area (Å²) in [5.74, 6) is -0.0403. The first-order chi connectivity index (χ1) is 14.4. The summed E-state index contributed by atoms with van der Waals surface area (Å²) in [5.41, 5.74) is 3.71. The Morgan fingerprint density at radius 3 is 2.67 bits per heavy atom. The van der Waals surface area contributed by atoms with Crippen LogP contribution in [0.4, 0.5) is 15.9 Å². The highest BCUT2D eigenvalue weighted by Gasteiger charge is 2.18. The van der Waals surface area contributed by atoms with Crippen LogP contribution in [-0.4, -0.2) is 27.6 Å². The molecule has 4 aromatic rings. The molecule has 0 aliphatic rings. The average molecular weight is 403 g/mol. The fourth-order valence-corrected chi connectivity index (χ4v) is 3.34. The number of rotatable bonds is 5.